The van der Waals surface area contributed by atoms with Gasteiger partial charge < -0.3 is 14.4 Å². The molecule has 2 aromatic carbocycles. The number of carbonyl (C=O) groups is 1. The van der Waals surface area contributed by atoms with E-state index in [1.54, 1.807) is 6.33 Å². The van der Waals surface area contributed by atoms with Crippen molar-refractivity contribution in [1.82, 2.24) is 19.7 Å². The van der Waals surface area contributed by atoms with E-state index in [2.05, 4.69) is 31.0 Å². The van der Waals surface area contributed by atoms with Crippen LogP contribution in [0.3, 0.4) is 0 Å². The molecule has 8 heteroatoms. The van der Waals surface area contributed by atoms with Crippen LogP contribution in [0.4, 0.5) is 0 Å². The lowest BCUT2D eigenvalue weighted by Gasteiger charge is -2.23. The van der Waals surface area contributed by atoms with Crippen LogP contribution in [-0.2, 0) is 11.3 Å². The summed E-state index contributed by atoms with van der Waals surface area (Å²) in [5, 5.41) is 8.96. The van der Waals surface area contributed by atoms with E-state index in [4.69, 9.17) is 9.47 Å². The van der Waals surface area contributed by atoms with Crippen molar-refractivity contribution in [2.45, 2.75) is 52.2 Å². The molecule has 1 aromatic heterocycles. The number of nitrogens with zero attached hydrogens (tertiary/aromatic N) is 4. The number of aromatic nitrogens is 3. The van der Waals surface area contributed by atoms with Crippen LogP contribution in [0, 0.1) is 6.92 Å². The second kappa shape index (κ2) is 13.0. The monoisotopic (exact) mass is 482 g/mol. The molecule has 0 aliphatic rings. The van der Waals surface area contributed by atoms with Crippen LogP contribution in [0.1, 0.15) is 44.7 Å². The molecule has 0 spiro atoms. The number of ether oxygens (including phenoxy) is 2. The third-order valence-corrected chi connectivity index (χ3v) is 6.07. The fourth-order valence-corrected chi connectivity index (χ4v) is 4.29. The normalized spacial score (nSPS) is 10.8. The molecule has 1 amide bonds. The highest BCUT2D eigenvalue weighted by atomic mass is 32.2. The Morgan fingerprint density at radius 2 is 1.82 bits per heavy atom. The molecule has 0 aliphatic carbocycles. The van der Waals surface area contributed by atoms with Crippen molar-refractivity contribution in [2.24, 2.45) is 0 Å². The van der Waals surface area contributed by atoms with E-state index in [0.717, 1.165) is 35.6 Å². The van der Waals surface area contributed by atoms with Gasteiger partial charge in [0, 0.05) is 18.8 Å². The molecule has 182 valence electrons. The lowest BCUT2D eigenvalue weighted by Crippen LogP contribution is -2.32. The molecule has 0 saturated heterocycles. The number of aryl methyl sites for hydroxylation is 1. The first kappa shape index (κ1) is 25.6. The molecule has 0 fully saturated rings. The predicted molar refractivity (Wildman–Crippen MR) is 136 cm³/mol. The van der Waals surface area contributed by atoms with Gasteiger partial charge in [-0.05, 0) is 56.5 Å². The van der Waals surface area contributed by atoms with Crippen LogP contribution in [0.15, 0.2) is 53.9 Å². The van der Waals surface area contributed by atoms with Crippen LogP contribution in [0.5, 0.6) is 11.5 Å². The smallest absolute Gasteiger partial charge is 0.233 e. The van der Waals surface area contributed by atoms with Gasteiger partial charge in [0.25, 0.3) is 0 Å². The van der Waals surface area contributed by atoms with E-state index in [1.165, 1.54) is 17.3 Å². The van der Waals surface area contributed by atoms with Crippen molar-refractivity contribution in [2.75, 3.05) is 25.5 Å². The Balaban J connectivity index is 1.68. The van der Waals surface area contributed by atoms with E-state index in [-0.39, 0.29) is 5.91 Å². The lowest BCUT2D eigenvalue weighted by molar-refractivity contribution is -0.129. The van der Waals surface area contributed by atoms with Crippen LogP contribution in [-0.4, -0.2) is 51.1 Å². The molecular weight excluding hydrogens is 448 g/mol. The fraction of sp³-hybridized carbons (Fsp3) is 0.423. The molecule has 0 N–H and O–H groups in total. The van der Waals surface area contributed by atoms with Gasteiger partial charge in [0.15, 0.2) is 16.7 Å². The molecule has 7 nitrogen and oxygen atoms in total. The Morgan fingerprint density at radius 3 is 2.53 bits per heavy atom. The third kappa shape index (κ3) is 7.00. The van der Waals surface area contributed by atoms with Crippen molar-refractivity contribution in [3.05, 3.63) is 59.9 Å². The van der Waals surface area contributed by atoms with Gasteiger partial charge in [-0.25, -0.2) is 0 Å². The molecule has 3 rings (SSSR count). The van der Waals surface area contributed by atoms with E-state index < -0.39 is 0 Å². The second-order valence-electron chi connectivity index (χ2n) is 7.99. The Morgan fingerprint density at radius 1 is 1.03 bits per heavy atom. The molecule has 34 heavy (non-hydrogen) atoms. The number of carbonyl (C=O) groups excluding carboxylic acids is 1. The standard InChI is InChI=1S/C26H34N4O3S/c1-5-14-29(17-21-10-13-23(33-15-6-2)24(16-21)32-7-3)25(31)18-34-26-28-27-19-30(26)22-11-8-20(4)9-12-22/h8-13,16,19H,5-7,14-15,17-18H2,1-4H3. The van der Waals surface area contributed by atoms with Crippen LogP contribution in [0.2, 0.25) is 0 Å². The lowest BCUT2D eigenvalue weighted by atomic mass is 10.1. The first-order valence-electron chi connectivity index (χ1n) is 11.8. The summed E-state index contributed by atoms with van der Waals surface area (Å²) in [5.74, 6) is 1.82. The van der Waals surface area contributed by atoms with Gasteiger partial charge in [-0.3, -0.25) is 9.36 Å². The number of hydrogen-bond donors (Lipinski definition) is 0. The Labute approximate surface area is 206 Å². The minimum Gasteiger partial charge on any atom is -0.490 e. The minimum atomic E-state index is 0.0644. The van der Waals surface area contributed by atoms with Crippen molar-refractivity contribution >= 4 is 17.7 Å². The number of benzene rings is 2. The van der Waals surface area contributed by atoms with E-state index in [1.807, 2.05) is 58.9 Å². The van der Waals surface area contributed by atoms with Gasteiger partial charge in [-0.2, -0.15) is 0 Å². The van der Waals surface area contributed by atoms with Crippen LogP contribution in [0.25, 0.3) is 5.69 Å². The SMILES string of the molecule is CCCOc1ccc(CN(CCC)C(=O)CSc2nncn2-c2ccc(C)cc2)cc1OCC. The number of amides is 1. The van der Waals surface area contributed by atoms with Crippen LogP contribution < -0.4 is 9.47 Å². The molecular formula is C26H34N4O3S. The quantitative estimate of drug-likeness (QED) is 0.308. The molecule has 0 atom stereocenters. The zero-order valence-electron chi connectivity index (χ0n) is 20.5. The maximum absolute atomic E-state index is 13.1. The van der Waals surface area contributed by atoms with E-state index >= 15 is 0 Å². The Kier molecular flexibility index (Phi) is 9.82. The van der Waals surface area contributed by atoms with Crippen LogP contribution >= 0.6 is 11.8 Å². The van der Waals surface area contributed by atoms with Crippen molar-refractivity contribution in [3.63, 3.8) is 0 Å². The average Bonchev–Trinajstić information content (AvgIpc) is 3.31. The molecule has 0 unspecified atom stereocenters. The topological polar surface area (TPSA) is 69.5 Å². The summed E-state index contributed by atoms with van der Waals surface area (Å²) in [6, 6.07) is 14.1. The molecule has 0 bridgehead atoms. The minimum absolute atomic E-state index is 0.0644. The maximum Gasteiger partial charge on any atom is 0.233 e. The van der Waals surface area contributed by atoms with Gasteiger partial charge in [0.05, 0.1) is 19.0 Å². The zero-order chi connectivity index (χ0) is 24.3. The van der Waals surface area contributed by atoms with Crippen molar-refractivity contribution < 1.29 is 14.3 Å². The van der Waals surface area contributed by atoms with Crippen molar-refractivity contribution in [1.29, 1.82) is 0 Å². The third-order valence-electron chi connectivity index (χ3n) is 5.14. The summed E-state index contributed by atoms with van der Waals surface area (Å²) in [6.07, 6.45) is 3.49. The largest absolute Gasteiger partial charge is 0.490 e. The highest BCUT2D eigenvalue weighted by molar-refractivity contribution is 7.99. The summed E-state index contributed by atoms with van der Waals surface area (Å²) in [4.78, 5) is 15.0. The molecule has 0 aliphatic heterocycles. The number of hydrogen-bond acceptors (Lipinski definition) is 6. The van der Waals surface area contributed by atoms with Gasteiger partial charge in [0.1, 0.15) is 6.33 Å². The summed E-state index contributed by atoms with van der Waals surface area (Å²) in [6.45, 7) is 10.6. The number of thioether (sulfide) groups is 1. The molecule has 0 saturated carbocycles. The Hall–Kier alpha value is -3.00. The average molecular weight is 483 g/mol. The summed E-state index contributed by atoms with van der Waals surface area (Å²) in [7, 11) is 0. The van der Waals surface area contributed by atoms with E-state index in [0.29, 0.717) is 37.2 Å². The van der Waals surface area contributed by atoms with Gasteiger partial charge in [-0.15, -0.1) is 10.2 Å². The maximum atomic E-state index is 13.1. The zero-order valence-corrected chi connectivity index (χ0v) is 21.3. The highest BCUT2D eigenvalue weighted by Crippen LogP contribution is 2.29. The summed E-state index contributed by atoms with van der Waals surface area (Å²) >= 11 is 1.40. The van der Waals surface area contributed by atoms with Gasteiger partial charge in [-0.1, -0.05) is 49.4 Å². The molecule has 0 radical (unpaired) electrons. The molecule has 1 heterocycles. The second-order valence-corrected chi connectivity index (χ2v) is 8.93. The van der Waals surface area contributed by atoms with Gasteiger partial charge >= 0.3 is 0 Å². The highest BCUT2D eigenvalue weighted by Gasteiger charge is 2.17. The van der Waals surface area contributed by atoms with Gasteiger partial charge in [0.2, 0.25) is 5.91 Å². The predicted octanol–water partition coefficient (Wildman–Crippen LogP) is 5.29. The summed E-state index contributed by atoms with van der Waals surface area (Å²) < 4.78 is 13.5. The first-order chi connectivity index (χ1) is 16.5. The van der Waals surface area contributed by atoms with Crippen molar-refractivity contribution in [3.8, 4) is 17.2 Å². The summed E-state index contributed by atoms with van der Waals surface area (Å²) in [5.41, 5.74) is 3.18. The van der Waals surface area contributed by atoms with E-state index in [9.17, 15) is 4.79 Å². The number of rotatable bonds is 13. The fourth-order valence-electron chi connectivity index (χ4n) is 3.46. The first-order valence-corrected chi connectivity index (χ1v) is 12.8. The molecule has 3 aromatic rings. The Bertz CT molecular complexity index is 1050.